The lowest BCUT2D eigenvalue weighted by Crippen LogP contribution is -2.20. The summed E-state index contributed by atoms with van der Waals surface area (Å²) >= 11 is 1.20. The Morgan fingerprint density at radius 2 is 1.94 bits per heavy atom. The van der Waals surface area contributed by atoms with E-state index in [4.69, 9.17) is 9.47 Å². The van der Waals surface area contributed by atoms with Gasteiger partial charge < -0.3 is 14.8 Å². The number of hydrogen-bond acceptors (Lipinski definition) is 6. The number of halogens is 1. The van der Waals surface area contributed by atoms with Crippen LogP contribution in [0.1, 0.15) is 15.4 Å². The highest BCUT2D eigenvalue weighted by molar-refractivity contribution is 7.20. The summed E-state index contributed by atoms with van der Waals surface area (Å²) in [5.41, 5.74) is 1.95. The highest BCUT2D eigenvalue weighted by atomic mass is 32.1. The smallest absolute Gasteiger partial charge is 0.348 e. The summed E-state index contributed by atoms with van der Waals surface area (Å²) < 4.78 is 25.2. The fourth-order valence-electron chi connectivity index (χ4n) is 3.01. The van der Waals surface area contributed by atoms with Crippen molar-refractivity contribution in [3.8, 4) is 11.4 Å². The third kappa shape index (κ3) is 4.41. The van der Waals surface area contributed by atoms with Gasteiger partial charge in [0, 0.05) is 17.1 Å². The Kier molecular flexibility index (Phi) is 5.68. The van der Waals surface area contributed by atoms with Crippen LogP contribution in [0.15, 0.2) is 54.6 Å². The second-order valence-electron chi connectivity index (χ2n) is 6.66. The van der Waals surface area contributed by atoms with Gasteiger partial charge >= 0.3 is 5.97 Å². The molecule has 0 bridgehead atoms. The minimum Gasteiger partial charge on any atom is -0.497 e. The number of aryl methyl sites for hydroxylation is 1. The molecule has 0 aliphatic carbocycles. The molecular weight excluding hydrogens is 421 g/mol. The molecule has 31 heavy (non-hydrogen) atoms. The molecule has 2 heterocycles. The maximum absolute atomic E-state index is 13.2. The summed E-state index contributed by atoms with van der Waals surface area (Å²) in [6.07, 6.45) is 0. The Bertz CT molecular complexity index is 1260. The Hall–Kier alpha value is -3.72. The predicted molar refractivity (Wildman–Crippen MR) is 116 cm³/mol. The first-order chi connectivity index (χ1) is 14.9. The van der Waals surface area contributed by atoms with Crippen LogP contribution in [0.4, 0.5) is 10.1 Å². The number of nitrogens with one attached hydrogen (secondary N) is 1. The topological polar surface area (TPSA) is 82.4 Å². The van der Waals surface area contributed by atoms with Crippen LogP contribution in [0.3, 0.4) is 0 Å². The molecule has 158 valence electrons. The molecule has 2 aromatic heterocycles. The van der Waals surface area contributed by atoms with E-state index in [0.717, 1.165) is 15.9 Å². The number of nitrogens with zero attached hydrogens (tertiary/aromatic N) is 2. The molecule has 0 saturated heterocycles. The van der Waals surface area contributed by atoms with E-state index < -0.39 is 18.5 Å². The first-order valence-corrected chi connectivity index (χ1v) is 10.1. The van der Waals surface area contributed by atoms with Gasteiger partial charge in [0.25, 0.3) is 5.91 Å². The van der Waals surface area contributed by atoms with Crippen molar-refractivity contribution >= 4 is 39.1 Å². The number of ether oxygens (including phenoxy) is 2. The lowest BCUT2D eigenvalue weighted by molar-refractivity contribution is -0.119. The van der Waals surface area contributed by atoms with Gasteiger partial charge in [-0.3, -0.25) is 4.79 Å². The Morgan fingerprint density at radius 1 is 1.16 bits per heavy atom. The van der Waals surface area contributed by atoms with Gasteiger partial charge in [0.1, 0.15) is 21.3 Å². The van der Waals surface area contributed by atoms with Crippen molar-refractivity contribution in [2.24, 2.45) is 0 Å². The number of hydrogen-bond donors (Lipinski definition) is 1. The molecule has 0 aliphatic heterocycles. The summed E-state index contributed by atoms with van der Waals surface area (Å²) in [5, 5.41) is 7.91. The molecule has 2 aromatic carbocycles. The van der Waals surface area contributed by atoms with E-state index in [2.05, 4.69) is 10.4 Å². The molecule has 1 N–H and O–H groups in total. The molecule has 0 spiro atoms. The van der Waals surface area contributed by atoms with Crippen LogP contribution in [-0.2, 0) is 9.53 Å². The largest absolute Gasteiger partial charge is 0.497 e. The number of benzene rings is 2. The molecule has 1 amide bonds. The summed E-state index contributed by atoms with van der Waals surface area (Å²) in [7, 11) is 1.53. The maximum atomic E-state index is 13.2. The zero-order valence-corrected chi connectivity index (χ0v) is 17.5. The second-order valence-corrected chi connectivity index (χ2v) is 7.69. The van der Waals surface area contributed by atoms with Crippen molar-refractivity contribution in [2.75, 3.05) is 19.0 Å². The standard InChI is InChI=1S/C22H18FN3O4S/c1-13-18-11-19(31-21(18)26(25-13)16-8-6-14(23)7-9-16)22(28)30-12-20(27)24-15-4-3-5-17(10-15)29-2/h3-11H,12H2,1-2H3,(H,24,27). The molecule has 0 radical (unpaired) electrons. The van der Waals surface area contributed by atoms with Crippen LogP contribution in [0.5, 0.6) is 5.75 Å². The molecule has 9 heteroatoms. The van der Waals surface area contributed by atoms with Gasteiger partial charge in [0.15, 0.2) is 6.61 Å². The third-order valence-electron chi connectivity index (χ3n) is 4.50. The summed E-state index contributed by atoms with van der Waals surface area (Å²) in [6, 6.07) is 14.5. The predicted octanol–water partition coefficient (Wildman–Crippen LogP) is 4.34. The molecule has 4 aromatic rings. The summed E-state index contributed by atoms with van der Waals surface area (Å²) in [5.74, 6) is -0.805. The van der Waals surface area contributed by atoms with Gasteiger partial charge in [0.2, 0.25) is 0 Å². The van der Waals surface area contributed by atoms with Gasteiger partial charge in [-0.05, 0) is 49.4 Å². The average molecular weight is 439 g/mol. The van der Waals surface area contributed by atoms with E-state index in [0.29, 0.717) is 22.0 Å². The lowest BCUT2D eigenvalue weighted by atomic mass is 10.3. The molecule has 0 unspecified atom stereocenters. The number of rotatable bonds is 6. The Morgan fingerprint density at radius 3 is 2.68 bits per heavy atom. The van der Waals surface area contributed by atoms with Crippen molar-refractivity contribution in [3.63, 3.8) is 0 Å². The zero-order chi connectivity index (χ0) is 22.0. The number of fused-ring (bicyclic) bond motifs is 1. The number of esters is 1. The van der Waals surface area contributed by atoms with Gasteiger partial charge in [-0.15, -0.1) is 11.3 Å². The van der Waals surface area contributed by atoms with Crippen molar-refractivity contribution in [1.82, 2.24) is 9.78 Å². The van der Waals surface area contributed by atoms with E-state index in [-0.39, 0.29) is 5.82 Å². The minimum atomic E-state index is -0.605. The first-order valence-electron chi connectivity index (χ1n) is 9.31. The quantitative estimate of drug-likeness (QED) is 0.452. The lowest BCUT2D eigenvalue weighted by Gasteiger charge is -2.07. The summed E-state index contributed by atoms with van der Waals surface area (Å²) in [6.45, 7) is 1.40. The number of aromatic nitrogens is 2. The fraction of sp³-hybridized carbons (Fsp3) is 0.136. The van der Waals surface area contributed by atoms with Crippen LogP contribution in [0, 0.1) is 12.7 Å². The number of amides is 1. The van der Waals surface area contributed by atoms with E-state index in [1.165, 1.54) is 30.6 Å². The van der Waals surface area contributed by atoms with Crippen LogP contribution < -0.4 is 10.1 Å². The van der Waals surface area contributed by atoms with Crippen LogP contribution in [-0.4, -0.2) is 35.4 Å². The number of anilines is 1. The zero-order valence-electron chi connectivity index (χ0n) is 16.7. The molecule has 7 nitrogen and oxygen atoms in total. The Balaban J connectivity index is 1.46. The second kappa shape index (κ2) is 8.57. The molecule has 4 rings (SSSR count). The van der Waals surface area contributed by atoms with Crippen LogP contribution in [0.2, 0.25) is 0 Å². The maximum Gasteiger partial charge on any atom is 0.348 e. The van der Waals surface area contributed by atoms with Gasteiger partial charge in [-0.25, -0.2) is 13.9 Å². The molecular formula is C22H18FN3O4S. The van der Waals surface area contributed by atoms with E-state index in [9.17, 15) is 14.0 Å². The monoisotopic (exact) mass is 439 g/mol. The minimum absolute atomic E-state index is 0.341. The molecule has 0 aliphatic rings. The SMILES string of the molecule is COc1cccc(NC(=O)COC(=O)c2cc3c(C)nn(-c4ccc(F)cc4)c3s2)c1. The van der Waals surface area contributed by atoms with Gasteiger partial charge in [-0.2, -0.15) is 5.10 Å². The molecule has 0 fully saturated rings. The number of thiophene rings is 1. The number of carbonyl (C=O) groups is 2. The highest BCUT2D eigenvalue weighted by Crippen LogP contribution is 2.31. The van der Waals surface area contributed by atoms with E-state index >= 15 is 0 Å². The number of methoxy groups -OCH3 is 1. The average Bonchev–Trinajstić information content (AvgIpc) is 3.33. The molecule has 0 atom stereocenters. The van der Waals surface area contributed by atoms with Crippen molar-refractivity contribution in [1.29, 1.82) is 0 Å². The highest BCUT2D eigenvalue weighted by Gasteiger charge is 2.19. The van der Waals surface area contributed by atoms with E-state index in [1.807, 2.05) is 6.92 Å². The first kappa shape index (κ1) is 20.5. The number of carbonyl (C=O) groups excluding carboxylic acids is 2. The van der Waals surface area contributed by atoms with Gasteiger partial charge in [0.05, 0.1) is 18.5 Å². The van der Waals surface area contributed by atoms with Crippen molar-refractivity contribution in [3.05, 3.63) is 71.0 Å². The third-order valence-corrected chi connectivity index (χ3v) is 5.60. The van der Waals surface area contributed by atoms with Crippen molar-refractivity contribution in [2.45, 2.75) is 6.92 Å². The van der Waals surface area contributed by atoms with Gasteiger partial charge in [-0.1, -0.05) is 6.07 Å². The normalized spacial score (nSPS) is 10.8. The van der Waals surface area contributed by atoms with Crippen molar-refractivity contribution < 1.29 is 23.5 Å². The summed E-state index contributed by atoms with van der Waals surface area (Å²) in [4.78, 5) is 25.7. The van der Waals surface area contributed by atoms with E-state index in [1.54, 1.807) is 47.1 Å². The fourth-order valence-corrected chi connectivity index (χ4v) is 4.08. The molecule has 0 saturated carbocycles. The van der Waals surface area contributed by atoms with Crippen LogP contribution >= 0.6 is 11.3 Å². The van der Waals surface area contributed by atoms with Crippen LogP contribution in [0.25, 0.3) is 15.9 Å². The Labute approximate surface area is 181 Å².